The second-order valence-corrected chi connectivity index (χ2v) is 6.98. The van der Waals surface area contributed by atoms with Gasteiger partial charge in [0.2, 0.25) is 0 Å². The van der Waals surface area contributed by atoms with E-state index in [0.29, 0.717) is 6.42 Å². The zero-order valence-electron chi connectivity index (χ0n) is 16.4. The van der Waals surface area contributed by atoms with E-state index in [2.05, 4.69) is 23.1 Å². The third kappa shape index (κ3) is 11.8. The lowest BCUT2D eigenvalue weighted by Crippen LogP contribution is -2.15. The molecule has 0 saturated heterocycles. The Hall–Kier alpha value is -1.32. The maximum atomic E-state index is 11.0. The normalized spacial score (nSPS) is 14.3. The minimum atomic E-state index is -0.0847. The van der Waals surface area contributed by atoms with Crippen LogP contribution in [-0.4, -0.2) is 31.9 Å². The van der Waals surface area contributed by atoms with Gasteiger partial charge in [0.1, 0.15) is 0 Å². The SMILES string of the molecule is CCCCCCC1=NCCNC(CCCCCCCCC(=O)OC)=C1. The number of hydrogen-bond acceptors (Lipinski definition) is 4. The average Bonchev–Trinajstić information content (AvgIpc) is 2.86. The molecule has 4 nitrogen and oxygen atoms in total. The van der Waals surface area contributed by atoms with Crippen LogP contribution in [0.1, 0.15) is 90.4 Å². The molecule has 0 unspecified atom stereocenters. The van der Waals surface area contributed by atoms with Crippen molar-refractivity contribution in [3.63, 3.8) is 0 Å². The van der Waals surface area contributed by atoms with Crippen LogP contribution in [0.5, 0.6) is 0 Å². The third-order valence-electron chi connectivity index (χ3n) is 4.71. The third-order valence-corrected chi connectivity index (χ3v) is 4.71. The van der Waals surface area contributed by atoms with Gasteiger partial charge in [0.25, 0.3) is 0 Å². The van der Waals surface area contributed by atoms with Crippen LogP contribution < -0.4 is 5.32 Å². The molecule has 144 valence electrons. The van der Waals surface area contributed by atoms with Gasteiger partial charge in [-0.05, 0) is 38.2 Å². The minimum absolute atomic E-state index is 0.0847. The molecule has 1 N–H and O–H groups in total. The number of methoxy groups -OCH3 is 1. The topological polar surface area (TPSA) is 50.7 Å². The van der Waals surface area contributed by atoms with E-state index in [0.717, 1.165) is 38.8 Å². The van der Waals surface area contributed by atoms with Crippen molar-refractivity contribution in [1.82, 2.24) is 5.32 Å². The van der Waals surface area contributed by atoms with E-state index >= 15 is 0 Å². The van der Waals surface area contributed by atoms with E-state index in [1.54, 1.807) is 0 Å². The first-order valence-electron chi connectivity index (χ1n) is 10.3. The summed E-state index contributed by atoms with van der Waals surface area (Å²) >= 11 is 0. The molecule has 0 aliphatic carbocycles. The highest BCUT2D eigenvalue weighted by atomic mass is 16.5. The second kappa shape index (κ2) is 15.0. The Labute approximate surface area is 154 Å². The molecule has 1 rings (SSSR count). The number of hydrogen-bond donors (Lipinski definition) is 1. The van der Waals surface area contributed by atoms with Crippen molar-refractivity contribution in [3.8, 4) is 0 Å². The van der Waals surface area contributed by atoms with Crippen LogP contribution in [0.15, 0.2) is 16.8 Å². The van der Waals surface area contributed by atoms with E-state index in [9.17, 15) is 4.79 Å². The predicted octanol–water partition coefficient (Wildman–Crippen LogP) is 5.18. The first-order valence-corrected chi connectivity index (χ1v) is 10.3. The molecule has 0 fully saturated rings. The van der Waals surface area contributed by atoms with E-state index in [1.807, 2.05) is 0 Å². The smallest absolute Gasteiger partial charge is 0.305 e. The summed E-state index contributed by atoms with van der Waals surface area (Å²) in [7, 11) is 1.46. The summed E-state index contributed by atoms with van der Waals surface area (Å²) in [6, 6.07) is 0. The number of rotatable bonds is 14. The number of unbranched alkanes of at least 4 members (excludes halogenated alkanes) is 8. The maximum Gasteiger partial charge on any atom is 0.305 e. The Morgan fingerprint density at radius 3 is 2.48 bits per heavy atom. The number of esters is 1. The number of ether oxygens (including phenoxy) is 1. The Balaban J connectivity index is 2.11. The van der Waals surface area contributed by atoms with Crippen molar-refractivity contribution >= 4 is 11.7 Å². The van der Waals surface area contributed by atoms with Crippen LogP contribution >= 0.6 is 0 Å². The standard InChI is InChI=1S/C21H38N2O2/c1-3-4-5-10-13-19-18-20(23-17-16-22-19)14-11-8-6-7-9-12-15-21(24)25-2/h18,23H,3-17H2,1-2H3. The zero-order chi connectivity index (χ0) is 18.2. The lowest BCUT2D eigenvalue weighted by Gasteiger charge is -2.08. The molecular weight excluding hydrogens is 312 g/mol. The van der Waals surface area contributed by atoms with Crippen LogP contribution in [0.3, 0.4) is 0 Å². The van der Waals surface area contributed by atoms with Crippen LogP contribution in [0.2, 0.25) is 0 Å². The molecule has 1 aliphatic heterocycles. The van der Waals surface area contributed by atoms with Gasteiger partial charge in [0.05, 0.1) is 13.7 Å². The maximum absolute atomic E-state index is 11.0. The van der Waals surface area contributed by atoms with Crippen molar-refractivity contribution < 1.29 is 9.53 Å². The fourth-order valence-corrected chi connectivity index (χ4v) is 3.15. The van der Waals surface area contributed by atoms with E-state index in [4.69, 9.17) is 4.99 Å². The van der Waals surface area contributed by atoms with Crippen molar-refractivity contribution in [3.05, 3.63) is 11.8 Å². The molecule has 0 spiro atoms. The van der Waals surface area contributed by atoms with Crippen LogP contribution in [0, 0.1) is 0 Å². The monoisotopic (exact) mass is 350 g/mol. The molecule has 0 radical (unpaired) electrons. The van der Waals surface area contributed by atoms with Gasteiger partial charge in [-0.3, -0.25) is 9.79 Å². The largest absolute Gasteiger partial charge is 0.469 e. The van der Waals surface area contributed by atoms with Gasteiger partial charge in [-0.2, -0.15) is 0 Å². The van der Waals surface area contributed by atoms with E-state index in [1.165, 1.54) is 69.9 Å². The van der Waals surface area contributed by atoms with Crippen molar-refractivity contribution in [2.75, 3.05) is 20.2 Å². The molecule has 1 aliphatic rings. The Bertz CT molecular complexity index is 416. The summed E-state index contributed by atoms with van der Waals surface area (Å²) in [6.45, 7) is 4.13. The van der Waals surface area contributed by atoms with E-state index in [-0.39, 0.29) is 5.97 Å². The fraction of sp³-hybridized carbons (Fsp3) is 0.810. The summed E-state index contributed by atoms with van der Waals surface area (Å²) in [4.78, 5) is 15.7. The summed E-state index contributed by atoms with van der Waals surface area (Å²) in [5.41, 5.74) is 2.66. The number of carbonyl (C=O) groups excluding carboxylic acids is 1. The highest BCUT2D eigenvalue weighted by Crippen LogP contribution is 2.14. The van der Waals surface area contributed by atoms with Crippen molar-refractivity contribution in [2.24, 2.45) is 4.99 Å². The highest BCUT2D eigenvalue weighted by molar-refractivity contribution is 5.95. The van der Waals surface area contributed by atoms with Crippen LogP contribution in [0.4, 0.5) is 0 Å². The number of aliphatic imine (C=N–C) groups is 1. The van der Waals surface area contributed by atoms with Gasteiger partial charge in [0.15, 0.2) is 0 Å². The van der Waals surface area contributed by atoms with Gasteiger partial charge in [-0.25, -0.2) is 0 Å². The number of nitrogens with zero attached hydrogens (tertiary/aromatic N) is 1. The number of carbonyl (C=O) groups is 1. The Morgan fingerprint density at radius 1 is 1.04 bits per heavy atom. The molecule has 25 heavy (non-hydrogen) atoms. The lowest BCUT2D eigenvalue weighted by atomic mass is 10.1. The van der Waals surface area contributed by atoms with E-state index < -0.39 is 0 Å². The van der Waals surface area contributed by atoms with Gasteiger partial charge < -0.3 is 10.1 Å². The summed E-state index contributed by atoms with van der Waals surface area (Å²) < 4.78 is 4.66. The molecule has 0 atom stereocenters. The molecule has 0 aromatic heterocycles. The van der Waals surface area contributed by atoms with Crippen LogP contribution in [-0.2, 0) is 9.53 Å². The minimum Gasteiger partial charge on any atom is -0.469 e. The van der Waals surface area contributed by atoms with Gasteiger partial charge >= 0.3 is 5.97 Å². The van der Waals surface area contributed by atoms with Crippen molar-refractivity contribution in [1.29, 1.82) is 0 Å². The second-order valence-electron chi connectivity index (χ2n) is 6.98. The van der Waals surface area contributed by atoms with Gasteiger partial charge in [0, 0.05) is 24.4 Å². The average molecular weight is 351 g/mol. The van der Waals surface area contributed by atoms with Crippen LogP contribution in [0.25, 0.3) is 0 Å². The summed E-state index contributed by atoms with van der Waals surface area (Å²) in [6.07, 6.45) is 17.4. The molecule has 1 heterocycles. The first-order chi connectivity index (χ1) is 12.3. The van der Waals surface area contributed by atoms with Crippen molar-refractivity contribution in [2.45, 2.75) is 90.4 Å². The molecule has 0 amide bonds. The van der Waals surface area contributed by atoms with Gasteiger partial charge in [-0.15, -0.1) is 0 Å². The summed E-state index contributed by atoms with van der Waals surface area (Å²) in [5.74, 6) is -0.0847. The summed E-state index contributed by atoms with van der Waals surface area (Å²) in [5, 5.41) is 3.54. The molecule has 0 bridgehead atoms. The fourth-order valence-electron chi connectivity index (χ4n) is 3.15. The highest BCUT2D eigenvalue weighted by Gasteiger charge is 2.05. The first kappa shape index (κ1) is 21.7. The molecular formula is C21H38N2O2. The molecule has 0 aromatic carbocycles. The lowest BCUT2D eigenvalue weighted by molar-refractivity contribution is -0.140. The number of allylic oxidation sites excluding steroid dienone is 2. The quantitative estimate of drug-likeness (QED) is 0.347. The number of nitrogens with one attached hydrogen (secondary N) is 1. The Kier molecular flexibility index (Phi) is 13.0. The molecule has 0 saturated carbocycles. The Morgan fingerprint density at radius 2 is 1.72 bits per heavy atom. The molecule has 4 heteroatoms. The van der Waals surface area contributed by atoms with Gasteiger partial charge in [-0.1, -0.05) is 51.9 Å². The zero-order valence-corrected chi connectivity index (χ0v) is 16.4. The molecule has 0 aromatic rings. The predicted molar refractivity (Wildman–Crippen MR) is 106 cm³/mol.